The molecule has 3 rings (SSSR count). The van der Waals surface area contributed by atoms with Crippen LogP contribution in [0.5, 0.6) is 0 Å². The van der Waals surface area contributed by atoms with Gasteiger partial charge in [0.25, 0.3) is 0 Å². The van der Waals surface area contributed by atoms with Crippen LogP contribution in [0, 0.1) is 17.0 Å². The van der Waals surface area contributed by atoms with E-state index < -0.39 is 11.0 Å². The minimum absolute atomic E-state index is 0.158. The molecular weight excluding hydrogens is 384 g/mol. The lowest BCUT2D eigenvalue weighted by atomic mass is 10.2. The molecule has 1 unspecified atom stereocenters. The number of anilines is 1. The number of aromatic nitrogens is 4. The molecule has 1 aromatic carbocycles. The summed E-state index contributed by atoms with van der Waals surface area (Å²) in [6, 6.07) is 8.56. The molecule has 0 spiro atoms. The molecule has 0 radical (unpaired) electrons. The molecule has 2 aromatic heterocycles. The third-order valence-electron chi connectivity index (χ3n) is 4.29. The molecule has 0 saturated carbocycles. The number of hydrogen-bond acceptors (Lipinski definition) is 5. The fraction of sp³-hybridized carbons (Fsp3) is 0.278. The second-order valence-electron chi connectivity index (χ2n) is 6.30. The van der Waals surface area contributed by atoms with Crippen LogP contribution in [0.15, 0.2) is 42.7 Å². The van der Waals surface area contributed by atoms with Crippen molar-refractivity contribution in [3.8, 4) is 0 Å². The molecule has 9 nitrogen and oxygen atoms in total. The van der Waals surface area contributed by atoms with Gasteiger partial charge in [0.2, 0.25) is 5.91 Å². The van der Waals surface area contributed by atoms with Gasteiger partial charge >= 0.3 is 5.69 Å². The number of hydrogen-bond donors (Lipinski definition) is 1. The van der Waals surface area contributed by atoms with Crippen molar-refractivity contribution in [3.05, 3.63) is 69.1 Å². The van der Waals surface area contributed by atoms with Gasteiger partial charge in [0.15, 0.2) is 5.82 Å². The van der Waals surface area contributed by atoms with Crippen LogP contribution in [0.3, 0.4) is 0 Å². The number of carbonyl (C=O) groups excluding carboxylic acids is 1. The number of benzene rings is 1. The van der Waals surface area contributed by atoms with Gasteiger partial charge < -0.3 is 5.32 Å². The van der Waals surface area contributed by atoms with Crippen LogP contribution in [0.2, 0.25) is 5.02 Å². The standard InChI is InChI=1S/C18H19ClN6O3/c1-3-16(24-11-15(9-20-24)25(27)28)18(26)21-17-8-12(2)23(22-17)10-13-4-6-14(19)7-5-13/h4-9,11,16H,3,10H2,1-2H3,(H,21,22,26). The molecule has 0 saturated heterocycles. The lowest BCUT2D eigenvalue weighted by Gasteiger charge is -2.13. The van der Waals surface area contributed by atoms with Crippen molar-refractivity contribution in [2.45, 2.75) is 32.9 Å². The first-order valence-corrected chi connectivity index (χ1v) is 9.03. The quantitative estimate of drug-likeness (QED) is 0.480. The van der Waals surface area contributed by atoms with E-state index in [1.54, 1.807) is 10.7 Å². The summed E-state index contributed by atoms with van der Waals surface area (Å²) in [6.45, 7) is 4.25. The average molecular weight is 403 g/mol. The first-order valence-electron chi connectivity index (χ1n) is 8.65. The highest BCUT2D eigenvalue weighted by Crippen LogP contribution is 2.19. The van der Waals surface area contributed by atoms with Crippen LogP contribution in [0.1, 0.15) is 30.6 Å². The highest BCUT2D eigenvalue weighted by atomic mass is 35.5. The van der Waals surface area contributed by atoms with E-state index in [9.17, 15) is 14.9 Å². The van der Waals surface area contributed by atoms with Crippen LogP contribution in [0.25, 0.3) is 0 Å². The molecule has 2 heterocycles. The van der Waals surface area contributed by atoms with Crippen molar-refractivity contribution in [2.75, 3.05) is 5.32 Å². The largest absolute Gasteiger partial charge is 0.307 e. The molecule has 3 aromatic rings. The highest BCUT2D eigenvalue weighted by Gasteiger charge is 2.23. The molecule has 146 valence electrons. The molecule has 0 bridgehead atoms. The van der Waals surface area contributed by atoms with Gasteiger partial charge in [-0.3, -0.25) is 24.3 Å². The number of nitro groups is 1. The summed E-state index contributed by atoms with van der Waals surface area (Å²) in [6.07, 6.45) is 2.80. The summed E-state index contributed by atoms with van der Waals surface area (Å²) in [5.74, 6) is 0.0770. The normalized spacial score (nSPS) is 12.0. The van der Waals surface area contributed by atoms with Crippen LogP contribution >= 0.6 is 11.6 Å². The molecule has 0 aliphatic rings. The molecule has 0 fully saturated rings. The van der Waals surface area contributed by atoms with Crippen molar-refractivity contribution in [2.24, 2.45) is 0 Å². The number of nitrogens with zero attached hydrogens (tertiary/aromatic N) is 5. The van der Waals surface area contributed by atoms with E-state index in [2.05, 4.69) is 15.5 Å². The summed E-state index contributed by atoms with van der Waals surface area (Å²) in [7, 11) is 0. The summed E-state index contributed by atoms with van der Waals surface area (Å²) >= 11 is 5.91. The second-order valence-corrected chi connectivity index (χ2v) is 6.74. The summed E-state index contributed by atoms with van der Waals surface area (Å²) < 4.78 is 3.07. The van der Waals surface area contributed by atoms with Gasteiger partial charge in [-0.15, -0.1) is 0 Å². The van der Waals surface area contributed by atoms with Crippen LogP contribution in [-0.4, -0.2) is 30.4 Å². The fourth-order valence-corrected chi connectivity index (χ4v) is 2.91. The number of aryl methyl sites for hydroxylation is 1. The topological polar surface area (TPSA) is 108 Å². The van der Waals surface area contributed by atoms with Crippen LogP contribution < -0.4 is 5.32 Å². The molecule has 1 atom stereocenters. The molecule has 28 heavy (non-hydrogen) atoms. The zero-order chi connectivity index (χ0) is 20.3. The number of halogens is 1. The Morgan fingerprint density at radius 2 is 2.07 bits per heavy atom. The summed E-state index contributed by atoms with van der Waals surface area (Å²) in [5, 5.41) is 22.6. The second kappa shape index (κ2) is 8.22. The summed E-state index contributed by atoms with van der Waals surface area (Å²) in [4.78, 5) is 22.9. The van der Waals surface area contributed by atoms with E-state index in [0.717, 1.165) is 17.5 Å². The number of rotatable bonds is 7. The SMILES string of the molecule is CCC(C(=O)Nc1cc(C)n(Cc2ccc(Cl)cc2)n1)n1cc([N+](=O)[O-])cn1. The third kappa shape index (κ3) is 4.37. The van der Waals surface area contributed by atoms with E-state index in [1.807, 2.05) is 38.1 Å². The van der Waals surface area contributed by atoms with Gasteiger partial charge in [-0.25, -0.2) is 0 Å². The first kappa shape index (κ1) is 19.6. The van der Waals surface area contributed by atoms with Gasteiger partial charge in [-0.2, -0.15) is 10.2 Å². The molecule has 0 aliphatic carbocycles. The van der Waals surface area contributed by atoms with Gasteiger partial charge in [-0.1, -0.05) is 30.7 Å². The van der Waals surface area contributed by atoms with E-state index in [4.69, 9.17) is 11.6 Å². The Hall–Kier alpha value is -3.20. The average Bonchev–Trinajstić information content (AvgIpc) is 3.25. The van der Waals surface area contributed by atoms with Gasteiger partial charge in [0.1, 0.15) is 18.4 Å². The van der Waals surface area contributed by atoms with Crippen molar-refractivity contribution in [1.82, 2.24) is 19.6 Å². The van der Waals surface area contributed by atoms with Crippen LogP contribution in [-0.2, 0) is 11.3 Å². The predicted molar refractivity (Wildman–Crippen MR) is 104 cm³/mol. The zero-order valence-electron chi connectivity index (χ0n) is 15.4. The van der Waals surface area contributed by atoms with Crippen molar-refractivity contribution >= 4 is 29.0 Å². The van der Waals surface area contributed by atoms with Gasteiger partial charge in [-0.05, 0) is 31.0 Å². The van der Waals surface area contributed by atoms with E-state index in [-0.39, 0.29) is 11.6 Å². The third-order valence-corrected chi connectivity index (χ3v) is 4.54. The fourth-order valence-electron chi connectivity index (χ4n) is 2.79. The lowest BCUT2D eigenvalue weighted by Crippen LogP contribution is -2.26. The Labute approximate surface area is 166 Å². The predicted octanol–water partition coefficient (Wildman–Crippen LogP) is 3.59. The molecule has 0 aliphatic heterocycles. The molecule has 10 heteroatoms. The molecule has 1 amide bonds. The van der Waals surface area contributed by atoms with E-state index in [1.165, 1.54) is 10.9 Å². The number of amides is 1. The monoisotopic (exact) mass is 402 g/mol. The van der Waals surface area contributed by atoms with Crippen molar-refractivity contribution < 1.29 is 9.72 Å². The van der Waals surface area contributed by atoms with E-state index in [0.29, 0.717) is 23.8 Å². The number of carbonyl (C=O) groups is 1. The maximum atomic E-state index is 12.6. The molecule has 1 N–H and O–H groups in total. The highest BCUT2D eigenvalue weighted by molar-refractivity contribution is 6.30. The Balaban J connectivity index is 1.72. The Kier molecular flexibility index (Phi) is 5.74. The smallest absolute Gasteiger partial charge is 0.307 e. The lowest BCUT2D eigenvalue weighted by molar-refractivity contribution is -0.385. The van der Waals surface area contributed by atoms with Crippen molar-refractivity contribution in [1.29, 1.82) is 0 Å². The Morgan fingerprint density at radius 1 is 1.36 bits per heavy atom. The van der Waals surface area contributed by atoms with Gasteiger partial charge in [0.05, 0.1) is 11.5 Å². The maximum Gasteiger partial charge on any atom is 0.307 e. The Morgan fingerprint density at radius 3 is 2.68 bits per heavy atom. The van der Waals surface area contributed by atoms with Gasteiger partial charge in [0, 0.05) is 16.8 Å². The Bertz CT molecular complexity index is 995. The minimum atomic E-state index is -0.671. The molecular formula is C18H19ClN6O3. The number of nitrogens with one attached hydrogen (secondary N) is 1. The maximum absolute atomic E-state index is 12.6. The summed E-state index contributed by atoms with van der Waals surface area (Å²) in [5.41, 5.74) is 1.76. The minimum Gasteiger partial charge on any atom is -0.307 e. The van der Waals surface area contributed by atoms with Crippen molar-refractivity contribution in [3.63, 3.8) is 0 Å². The van der Waals surface area contributed by atoms with E-state index >= 15 is 0 Å². The first-order chi connectivity index (χ1) is 13.4. The zero-order valence-corrected chi connectivity index (χ0v) is 16.1. The van der Waals surface area contributed by atoms with Crippen LogP contribution in [0.4, 0.5) is 11.5 Å².